The maximum absolute atomic E-state index is 4.30. The molecule has 2 rings (SSSR count). The van der Waals surface area contributed by atoms with E-state index in [1.54, 1.807) is 6.33 Å². The van der Waals surface area contributed by atoms with Crippen molar-refractivity contribution < 1.29 is 0 Å². The molecule has 1 heterocycles. The van der Waals surface area contributed by atoms with Gasteiger partial charge < -0.3 is 16.0 Å². The largest absolute Gasteiger partial charge is 0.367 e. The summed E-state index contributed by atoms with van der Waals surface area (Å²) in [5.74, 6) is 1.79. The van der Waals surface area contributed by atoms with E-state index in [9.17, 15) is 0 Å². The van der Waals surface area contributed by atoms with E-state index < -0.39 is 0 Å². The predicted octanol–water partition coefficient (Wildman–Crippen LogP) is 2.24. The van der Waals surface area contributed by atoms with Gasteiger partial charge in [-0.2, -0.15) is 0 Å². The first-order valence-corrected chi connectivity index (χ1v) is 7.10. The molecule has 1 aromatic heterocycles. The highest BCUT2D eigenvalue weighted by atomic mass is 15.1. The lowest BCUT2D eigenvalue weighted by molar-refractivity contribution is 0.528. The third-order valence-electron chi connectivity index (χ3n) is 3.46. The number of likely N-dealkylation sites (N-methyl/N-ethyl adjacent to an activating group) is 1. The van der Waals surface area contributed by atoms with Crippen LogP contribution in [0.2, 0.25) is 0 Å². The van der Waals surface area contributed by atoms with E-state index >= 15 is 0 Å². The molecule has 0 saturated heterocycles. The van der Waals surface area contributed by atoms with E-state index in [2.05, 4.69) is 39.8 Å². The Bertz CT molecular complexity index is 399. The fourth-order valence-electron chi connectivity index (χ4n) is 2.62. The van der Waals surface area contributed by atoms with Crippen LogP contribution in [-0.4, -0.2) is 35.1 Å². The molecular weight excluding hydrogens is 238 g/mol. The molecule has 0 amide bonds. The molecule has 0 radical (unpaired) electrons. The van der Waals surface area contributed by atoms with Crippen molar-refractivity contribution in [1.29, 1.82) is 0 Å². The van der Waals surface area contributed by atoms with Crippen LogP contribution in [0.25, 0.3) is 0 Å². The van der Waals surface area contributed by atoms with E-state index in [0.717, 1.165) is 18.2 Å². The molecule has 0 aromatic carbocycles. The number of rotatable bonds is 6. The van der Waals surface area contributed by atoms with Crippen LogP contribution in [0.1, 0.15) is 39.5 Å². The third kappa shape index (κ3) is 4.35. The Labute approximate surface area is 115 Å². The van der Waals surface area contributed by atoms with Gasteiger partial charge in [0.2, 0.25) is 0 Å². The fourth-order valence-corrected chi connectivity index (χ4v) is 2.62. The zero-order chi connectivity index (χ0) is 13.7. The van der Waals surface area contributed by atoms with Gasteiger partial charge in [0, 0.05) is 24.2 Å². The van der Waals surface area contributed by atoms with Gasteiger partial charge in [0.1, 0.15) is 18.0 Å². The molecule has 1 aliphatic rings. The third-order valence-corrected chi connectivity index (χ3v) is 3.46. The van der Waals surface area contributed by atoms with Crippen LogP contribution in [0.4, 0.5) is 11.6 Å². The van der Waals surface area contributed by atoms with Crippen LogP contribution in [-0.2, 0) is 0 Å². The van der Waals surface area contributed by atoms with E-state index in [1.807, 2.05) is 13.1 Å². The second kappa shape index (κ2) is 6.19. The van der Waals surface area contributed by atoms with Crippen molar-refractivity contribution in [2.24, 2.45) is 0 Å². The van der Waals surface area contributed by atoms with Crippen molar-refractivity contribution in [2.45, 2.75) is 51.1 Å². The molecule has 1 saturated carbocycles. The average Bonchev–Trinajstić information content (AvgIpc) is 2.81. The molecule has 0 aliphatic heterocycles. The first-order chi connectivity index (χ1) is 9.09. The minimum Gasteiger partial charge on any atom is -0.367 e. The van der Waals surface area contributed by atoms with Crippen molar-refractivity contribution in [3.63, 3.8) is 0 Å². The molecule has 5 nitrogen and oxygen atoms in total. The molecule has 3 N–H and O–H groups in total. The number of nitrogens with one attached hydrogen (secondary N) is 3. The Kier molecular flexibility index (Phi) is 4.58. The highest BCUT2D eigenvalue weighted by Gasteiger charge is 2.18. The second-order valence-corrected chi connectivity index (χ2v) is 5.95. The number of hydrogen-bond donors (Lipinski definition) is 3. The number of anilines is 2. The summed E-state index contributed by atoms with van der Waals surface area (Å²) < 4.78 is 0. The predicted molar refractivity (Wildman–Crippen MR) is 79.5 cm³/mol. The molecule has 0 spiro atoms. The smallest absolute Gasteiger partial charge is 0.131 e. The topological polar surface area (TPSA) is 61.9 Å². The molecule has 1 fully saturated rings. The normalized spacial score (nSPS) is 16.6. The summed E-state index contributed by atoms with van der Waals surface area (Å²) in [6, 6.07) is 2.57. The molecule has 106 valence electrons. The van der Waals surface area contributed by atoms with Gasteiger partial charge in [0.25, 0.3) is 0 Å². The molecule has 0 bridgehead atoms. The minimum absolute atomic E-state index is 0.0340. The Morgan fingerprint density at radius 1 is 1.21 bits per heavy atom. The zero-order valence-corrected chi connectivity index (χ0v) is 12.2. The van der Waals surface area contributed by atoms with Crippen LogP contribution < -0.4 is 16.0 Å². The first-order valence-electron chi connectivity index (χ1n) is 7.10. The van der Waals surface area contributed by atoms with Crippen molar-refractivity contribution in [2.75, 3.05) is 24.2 Å². The molecule has 5 heteroatoms. The fraction of sp³-hybridized carbons (Fsp3) is 0.714. The molecule has 1 aliphatic carbocycles. The molecule has 1 aromatic rings. The van der Waals surface area contributed by atoms with Gasteiger partial charge in [0.15, 0.2) is 0 Å². The van der Waals surface area contributed by atoms with Crippen molar-refractivity contribution >= 4 is 11.6 Å². The Morgan fingerprint density at radius 3 is 2.58 bits per heavy atom. The number of aromatic nitrogens is 2. The van der Waals surface area contributed by atoms with E-state index in [1.165, 1.54) is 25.7 Å². The summed E-state index contributed by atoms with van der Waals surface area (Å²) >= 11 is 0. The van der Waals surface area contributed by atoms with Gasteiger partial charge in [-0.15, -0.1) is 0 Å². The number of nitrogens with zero attached hydrogens (tertiary/aromatic N) is 2. The Balaban J connectivity index is 1.98. The minimum atomic E-state index is -0.0340. The van der Waals surface area contributed by atoms with Gasteiger partial charge in [-0.25, -0.2) is 9.97 Å². The van der Waals surface area contributed by atoms with Crippen LogP contribution in [0, 0.1) is 0 Å². The highest BCUT2D eigenvalue weighted by Crippen LogP contribution is 2.22. The van der Waals surface area contributed by atoms with Gasteiger partial charge >= 0.3 is 0 Å². The van der Waals surface area contributed by atoms with Crippen LogP contribution in [0.5, 0.6) is 0 Å². The maximum Gasteiger partial charge on any atom is 0.131 e. The van der Waals surface area contributed by atoms with Crippen molar-refractivity contribution in [3.05, 3.63) is 12.4 Å². The van der Waals surface area contributed by atoms with Crippen molar-refractivity contribution in [3.8, 4) is 0 Å². The quantitative estimate of drug-likeness (QED) is 0.735. The van der Waals surface area contributed by atoms with Crippen LogP contribution in [0.15, 0.2) is 12.4 Å². The first kappa shape index (κ1) is 14.1. The van der Waals surface area contributed by atoms with E-state index in [4.69, 9.17) is 0 Å². The SMILES string of the molecule is CNCC(C)(C)Nc1cc(NC2CCCC2)ncn1. The van der Waals surface area contributed by atoms with E-state index in [-0.39, 0.29) is 5.54 Å². The highest BCUT2D eigenvalue weighted by molar-refractivity contribution is 5.48. The lowest BCUT2D eigenvalue weighted by Crippen LogP contribution is -2.40. The van der Waals surface area contributed by atoms with Gasteiger partial charge in [-0.05, 0) is 33.7 Å². The van der Waals surface area contributed by atoms with Crippen LogP contribution in [0.3, 0.4) is 0 Å². The second-order valence-electron chi connectivity index (χ2n) is 5.95. The lowest BCUT2D eigenvalue weighted by atomic mass is 10.1. The van der Waals surface area contributed by atoms with E-state index in [0.29, 0.717) is 6.04 Å². The summed E-state index contributed by atoms with van der Waals surface area (Å²) in [6.07, 6.45) is 6.76. The summed E-state index contributed by atoms with van der Waals surface area (Å²) in [7, 11) is 1.95. The molecule has 0 unspecified atom stereocenters. The zero-order valence-electron chi connectivity index (χ0n) is 12.2. The van der Waals surface area contributed by atoms with Crippen molar-refractivity contribution in [1.82, 2.24) is 15.3 Å². The molecular formula is C14H25N5. The standard InChI is InChI=1S/C14H25N5/c1-14(2,9-15-3)19-13-8-12(16-10-17-13)18-11-6-4-5-7-11/h8,10-11,15H,4-7,9H2,1-3H3,(H2,16,17,18,19). The summed E-state index contributed by atoms with van der Waals surface area (Å²) in [5.41, 5.74) is -0.0340. The molecule has 19 heavy (non-hydrogen) atoms. The lowest BCUT2D eigenvalue weighted by Gasteiger charge is -2.26. The average molecular weight is 263 g/mol. The summed E-state index contributed by atoms with van der Waals surface area (Å²) in [4.78, 5) is 8.59. The Morgan fingerprint density at radius 2 is 1.89 bits per heavy atom. The number of hydrogen-bond acceptors (Lipinski definition) is 5. The monoisotopic (exact) mass is 263 g/mol. The van der Waals surface area contributed by atoms with Gasteiger partial charge in [-0.3, -0.25) is 0 Å². The Hall–Kier alpha value is -1.36. The van der Waals surface area contributed by atoms with Crippen LogP contribution >= 0.6 is 0 Å². The summed E-state index contributed by atoms with van der Waals surface area (Å²) in [5, 5.41) is 10.1. The molecule has 0 atom stereocenters. The van der Waals surface area contributed by atoms with Gasteiger partial charge in [-0.1, -0.05) is 12.8 Å². The van der Waals surface area contributed by atoms with Gasteiger partial charge in [0.05, 0.1) is 0 Å². The summed E-state index contributed by atoms with van der Waals surface area (Å²) in [6.45, 7) is 5.17. The maximum atomic E-state index is 4.30.